The summed E-state index contributed by atoms with van der Waals surface area (Å²) in [5, 5.41) is 3.43. The third kappa shape index (κ3) is 3.30. The molecular formula is C22H16N2O3S. The van der Waals surface area contributed by atoms with Crippen LogP contribution in [0, 0.1) is 0 Å². The Balaban J connectivity index is 1.30. The first kappa shape index (κ1) is 16.8. The lowest BCUT2D eigenvalue weighted by molar-refractivity contribution is 0.102. The average Bonchev–Trinajstić information content (AvgIpc) is 3.32. The van der Waals surface area contributed by atoms with E-state index in [-0.39, 0.29) is 12.7 Å². The molecule has 0 saturated carbocycles. The van der Waals surface area contributed by atoms with E-state index in [0.717, 1.165) is 22.2 Å². The number of carbonyl (C=O) groups excluding carboxylic acids is 1. The number of amides is 1. The van der Waals surface area contributed by atoms with Gasteiger partial charge in [-0.15, -0.1) is 0 Å². The molecule has 1 amide bonds. The Morgan fingerprint density at radius 3 is 2.46 bits per heavy atom. The van der Waals surface area contributed by atoms with Gasteiger partial charge in [-0.3, -0.25) is 10.1 Å². The van der Waals surface area contributed by atoms with Crippen LogP contribution < -0.4 is 14.8 Å². The van der Waals surface area contributed by atoms with E-state index >= 15 is 0 Å². The van der Waals surface area contributed by atoms with Gasteiger partial charge in [0.2, 0.25) is 6.79 Å². The van der Waals surface area contributed by atoms with Crippen LogP contribution in [0.1, 0.15) is 21.5 Å². The van der Waals surface area contributed by atoms with Crippen LogP contribution in [0.25, 0.3) is 10.2 Å². The molecule has 0 atom stereocenters. The normalized spacial score (nSPS) is 12.3. The van der Waals surface area contributed by atoms with Crippen molar-refractivity contribution in [1.29, 1.82) is 0 Å². The first-order chi connectivity index (χ1) is 13.7. The molecule has 4 aromatic rings. The van der Waals surface area contributed by atoms with E-state index in [2.05, 4.69) is 22.4 Å². The van der Waals surface area contributed by atoms with Gasteiger partial charge in [-0.05, 0) is 29.7 Å². The number of carbonyl (C=O) groups is 1. The zero-order chi connectivity index (χ0) is 18.9. The van der Waals surface area contributed by atoms with E-state index in [9.17, 15) is 4.79 Å². The second-order valence-electron chi connectivity index (χ2n) is 6.51. The van der Waals surface area contributed by atoms with E-state index in [1.807, 2.05) is 54.6 Å². The van der Waals surface area contributed by atoms with Gasteiger partial charge in [0.1, 0.15) is 0 Å². The Labute approximate surface area is 165 Å². The molecule has 1 aliphatic heterocycles. The number of benzene rings is 3. The van der Waals surface area contributed by atoms with Crippen LogP contribution in [-0.4, -0.2) is 17.7 Å². The highest BCUT2D eigenvalue weighted by Gasteiger charge is 2.17. The molecule has 138 valence electrons. The first-order valence-corrected chi connectivity index (χ1v) is 9.71. The highest BCUT2D eigenvalue weighted by molar-refractivity contribution is 7.22. The van der Waals surface area contributed by atoms with Gasteiger partial charge in [0.15, 0.2) is 16.6 Å². The van der Waals surface area contributed by atoms with Gasteiger partial charge in [-0.25, -0.2) is 4.98 Å². The zero-order valence-electron chi connectivity index (χ0n) is 14.8. The van der Waals surface area contributed by atoms with Crippen LogP contribution in [-0.2, 0) is 6.42 Å². The summed E-state index contributed by atoms with van der Waals surface area (Å²) in [6.45, 7) is 0.233. The summed E-state index contributed by atoms with van der Waals surface area (Å²) in [4.78, 5) is 17.0. The predicted octanol–water partition coefficient (Wildman–Crippen LogP) is 4.87. The third-order valence-electron chi connectivity index (χ3n) is 4.57. The van der Waals surface area contributed by atoms with E-state index in [1.165, 1.54) is 16.9 Å². The number of ether oxygens (including phenoxy) is 2. The number of nitrogens with one attached hydrogen (secondary N) is 1. The summed E-state index contributed by atoms with van der Waals surface area (Å²) < 4.78 is 11.7. The van der Waals surface area contributed by atoms with Crippen LogP contribution in [0.3, 0.4) is 0 Å². The molecule has 0 saturated heterocycles. The number of fused-ring (bicyclic) bond motifs is 2. The summed E-state index contributed by atoms with van der Waals surface area (Å²) in [5.74, 6) is 1.22. The Morgan fingerprint density at radius 1 is 0.964 bits per heavy atom. The average molecular weight is 388 g/mol. The molecule has 5 rings (SSSR count). The molecule has 0 aliphatic carbocycles. The fourth-order valence-electron chi connectivity index (χ4n) is 3.15. The molecule has 1 N–H and O–H groups in total. The molecule has 1 aromatic heterocycles. The Bertz CT molecular complexity index is 1110. The molecule has 2 heterocycles. The SMILES string of the molecule is O=C(Nc1nc2cc3c(cc2s1)OCO3)c1ccc(Cc2ccccc2)cc1. The Kier molecular flexibility index (Phi) is 4.18. The minimum absolute atomic E-state index is 0.176. The smallest absolute Gasteiger partial charge is 0.257 e. The van der Waals surface area contributed by atoms with Gasteiger partial charge in [0.25, 0.3) is 5.91 Å². The summed E-state index contributed by atoms with van der Waals surface area (Å²) in [6.07, 6.45) is 0.843. The van der Waals surface area contributed by atoms with Crippen molar-refractivity contribution in [2.45, 2.75) is 6.42 Å². The lowest BCUT2D eigenvalue weighted by atomic mass is 10.0. The molecule has 5 nitrogen and oxygen atoms in total. The minimum atomic E-state index is -0.176. The van der Waals surface area contributed by atoms with Crippen molar-refractivity contribution in [2.75, 3.05) is 12.1 Å². The maximum Gasteiger partial charge on any atom is 0.257 e. The van der Waals surface area contributed by atoms with Crippen molar-refractivity contribution in [3.05, 3.63) is 83.4 Å². The summed E-state index contributed by atoms with van der Waals surface area (Å²) in [7, 11) is 0. The van der Waals surface area contributed by atoms with Gasteiger partial charge < -0.3 is 9.47 Å². The second kappa shape index (κ2) is 6.98. The number of hydrogen-bond acceptors (Lipinski definition) is 5. The maximum absolute atomic E-state index is 12.6. The zero-order valence-corrected chi connectivity index (χ0v) is 15.7. The topological polar surface area (TPSA) is 60.5 Å². The van der Waals surface area contributed by atoms with Crippen LogP contribution >= 0.6 is 11.3 Å². The van der Waals surface area contributed by atoms with Gasteiger partial charge in [0, 0.05) is 17.7 Å². The number of thiazole rings is 1. The van der Waals surface area contributed by atoms with E-state index in [4.69, 9.17) is 9.47 Å². The minimum Gasteiger partial charge on any atom is -0.454 e. The van der Waals surface area contributed by atoms with E-state index in [1.54, 1.807) is 0 Å². The Morgan fingerprint density at radius 2 is 1.68 bits per heavy atom. The van der Waals surface area contributed by atoms with Crippen molar-refractivity contribution in [3.63, 3.8) is 0 Å². The van der Waals surface area contributed by atoms with Gasteiger partial charge in [-0.1, -0.05) is 53.8 Å². The van der Waals surface area contributed by atoms with Crippen molar-refractivity contribution < 1.29 is 14.3 Å². The van der Waals surface area contributed by atoms with Crippen LogP contribution in [0.4, 0.5) is 5.13 Å². The van der Waals surface area contributed by atoms with Crippen molar-refractivity contribution in [3.8, 4) is 11.5 Å². The monoisotopic (exact) mass is 388 g/mol. The number of rotatable bonds is 4. The fraction of sp³-hybridized carbons (Fsp3) is 0.0909. The summed E-state index contributed by atoms with van der Waals surface area (Å²) in [5.41, 5.74) is 3.79. The number of hydrogen-bond donors (Lipinski definition) is 1. The quantitative estimate of drug-likeness (QED) is 0.542. The number of anilines is 1. The van der Waals surface area contributed by atoms with E-state index < -0.39 is 0 Å². The lowest BCUT2D eigenvalue weighted by Crippen LogP contribution is -2.11. The molecule has 3 aromatic carbocycles. The Hall–Kier alpha value is -3.38. The summed E-state index contributed by atoms with van der Waals surface area (Å²) in [6, 6.07) is 21.6. The van der Waals surface area contributed by atoms with Crippen LogP contribution in [0.5, 0.6) is 11.5 Å². The van der Waals surface area contributed by atoms with Gasteiger partial charge in [-0.2, -0.15) is 0 Å². The number of nitrogens with zero attached hydrogens (tertiary/aromatic N) is 1. The molecule has 0 fully saturated rings. The van der Waals surface area contributed by atoms with Crippen LogP contribution in [0.2, 0.25) is 0 Å². The maximum atomic E-state index is 12.6. The molecule has 0 spiro atoms. The molecule has 0 bridgehead atoms. The largest absolute Gasteiger partial charge is 0.454 e. The van der Waals surface area contributed by atoms with Crippen molar-refractivity contribution >= 4 is 32.6 Å². The van der Waals surface area contributed by atoms with E-state index in [0.29, 0.717) is 22.2 Å². The third-order valence-corrected chi connectivity index (χ3v) is 5.50. The molecular weight excluding hydrogens is 372 g/mol. The van der Waals surface area contributed by atoms with Crippen LogP contribution in [0.15, 0.2) is 66.7 Å². The fourth-order valence-corrected chi connectivity index (χ4v) is 4.02. The highest BCUT2D eigenvalue weighted by Crippen LogP contribution is 2.39. The van der Waals surface area contributed by atoms with Gasteiger partial charge in [0.05, 0.1) is 10.2 Å². The predicted molar refractivity (Wildman–Crippen MR) is 109 cm³/mol. The standard InChI is InChI=1S/C22H16N2O3S/c25-21(16-8-6-15(7-9-16)10-14-4-2-1-3-5-14)24-22-23-17-11-18-19(27-13-26-18)12-20(17)28-22/h1-9,11-12H,10,13H2,(H,23,24,25). The highest BCUT2D eigenvalue weighted by atomic mass is 32.1. The molecule has 0 radical (unpaired) electrons. The van der Waals surface area contributed by atoms with Gasteiger partial charge >= 0.3 is 0 Å². The molecule has 1 aliphatic rings. The number of aromatic nitrogens is 1. The van der Waals surface area contributed by atoms with Crippen molar-refractivity contribution in [2.24, 2.45) is 0 Å². The van der Waals surface area contributed by atoms with Crippen molar-refractivity contribution in [1.82, 2.24) is 4.98 Å². The summed E-state index contributed by atoms with van der Waals surface area (Å²) >= 11 is 1.41. The lowest BCUT2D eigenvalue weighted by Gasteiger charge is -2.05. The molecule has 6 heteroatoms. The first-order valence-electron chi connectivity index (χ1n) is 8.89. The molecule has 0 unspecified atom stereocenters. The second-order valence-corrected chi connectivity index (χ2v) is 7.54. The molecule has 28 heavy (non-hydrogen) atoms.